The Balaban J connectivity index is 1.89. The number of amides is 3. The van der Waals surface area contributed by atoms with Gasteiger partial charge in [0.15, 0.2) is 12.6 Å². The summed E-state index contributed by atoms with van der Waals surface area (Å²) in [5, 5.41) is 27.8. The SMILES string of the molecule is CCN1CC[N+](=N[C@@H](C(=O)N[C@H](C(=O)O)[C@@H]2N[C@@H](C(=O)O)C(C)(C)S2)c2ccccc2)C(=O)C1=O. The van der Waals surface area contributed by atoms with Crippen LogP contribution in [0.3, 0.4) is 0 Å². The Morgan fingerprint density at radius 1 is 1.26 bits per heavy atom. The molecule has 2 saturated heterocycles. The van der Waals surface area contributed by atoms with Crippen molar-refractivity contribution in [1.29, 1.82) is 0 Å². The lowest BCUT2D eigenvalue weighted by Gasteiger charge is -2.23. The minimum atomic E-state index is -1.48. The molecular weight excluding hydrogens is 478 g/mol. The molecule has 4 atom stereocenters. The first-order valence-corrected chi connectivity index (χ1v) is 11.9. The molecule has 1 aromatic carbocycles. The van der Waals surface area contributed by atoms with Gasteiger partial charge in [0.1, 0.15) is 6.04 Å². The van der Waals surface area contributed by atoms with Crippen molar-refractivity contribution in [2.24, 2.45) is 5.11 Å². The number of hydrogen-bond acceptors (Lipinski definition) is 8. The van der Waals surface area contributed by atoms with Gasteiger partial charge in [-0.2, -0.15) is 0 Å². The van der Waals surface area contributed by atoms with E-state index in [9.17, 15) is 34.2 Å². The predicted octanol–water partition coefficient (Wildman–Crippen LogP) is 0.0448. The molecule has 0 unspecified atom stereocenters. The minimum absolute atomic E-state index is 0.0892. The van der Waals surface area contributed by atoms with Crippen molar-refractivity contribution < 1.29 is 38.9 Å². The number of benzene rings is 1. The molecule has 2 fully saturated rings. The van der Waals surface area contributed by atoms with Gasteiger partial charge < -0.3 is 20.4 Å². The van der Waals surface area contributed by atoms with Crippen molar-refractivity contribution >= 4 is 41.4 Å². The first kappa shape index (κ1) is 26.3. The molecule has 0 bridgehead atoms. The molecule has 3 amide bonds. The third-order valence-corrected chi connectivity index (χ3v) is 7.36. The second-order valence-corrected chi connectivity index (χ2v) is 10.4. The van der Waals surface area contributed by atoms with Crippen LogP contribution in [-0.4, -0.2) is 91.3 Å². The number of nitrogens with zero attached hydrogens (tertiary/aromatic N) is 3. The Bertz CT molecular complexity index is 1060. The summed E-state index contributed by atoms with van der Waals surface area (Å²) in [6.45, 7) is 5.79. The van der Waals surface area contributed by atoms with Crippen LogP contribution >= 0.6 is 11.8 Å². The molecular formula is C22H28N5O7S+. The summed E-state index contributed by atoms with van der Waals surface area (Å²) in [7, 11) is 0. The number of carbonyl (C=O) groups excluding carboxylic acids is 3. The molecule has 0 spiro atoms. The van der Waals surface area contributed by atoms with Gasteiger partial charge in [-0.1, -0.05) is 30.3 Å². The molecule has 1 aromatic rings. The first-order valence-electron chi connectivity index (χ1n) is 11.0. The van der Waals surface area contributed by atoms with Gasteiger partial charge in [0, 0.05) is 11.3 Å². The summed E-state index contributed by atoms with van der Waals surface area (Å²) in [6.07, 6.45) is 0. The topological polar surface area (TPSA) is 168 Å². The summed E-state index contributed by atoms with van der Waals surface area (Å²) in [5.41, 5.74) is 0.392. The highest BCUT2D eigenvalue weighted by molar-refractivity contribution is 8.01. The Hall–Kier alpha value is -3.32. The van der Waals surface area contributed by atoms with E-state index in [2.05, 4.69) is 15.7 Å². The van der Waals surface area contributed by atoms with E-state index in [1.54, 1.807) is 51.1 Å². The first-order chi connectivity index (χ1) is 16.5. The summed E-state index contributed by atoms with van der Waals surface area (Å²) >= 11 is 1.10. The zero-order valence-corrected chi connectivity index (χ0v) is 20.3. The van der Waals surface area contributed by atoms with E-state index in [0.29, 0.717) is 12.1 Å². The van der Waals surface area contributed by atoms with Gasteiger partial charge in [0.2, 0.25) is 6.04 Å². The van der Waals surface area contributed by atoms with Crippen LogP contribution in [0.25, 0.3) is 0 Å². The fourth-order valence-electron chi connectivity index (χ4n) is 3.95. The molecule has 12 nitrogen and oxygen atoms in total. The highest BCUT2D eigenvalue weighted by Crippen LogP contribution is 2.39. The number of nitrogens with one attached hydrogen (secondary N) is 2. The van der Waals surface area contributed by atoms with Gasteiger partial charge in [-0.05, 0) is 36.1 Å². The van der Waals surface area contributed by atoms with Crippen molar-refractivity contribution in [3.63, 3.8) is 0 Å². The average Bonchev–Trinajstić information content (AvgIpc) is 3.13. The van der Waals surface area contributed by atoms with Crippen LogP contribution in [-0.2, 0) is 24.0 Å². The van der Waals surface area contributed by atoms with E-state index >= 15 is 0 Å². The highest BCUT2D eigenvalue weighted by Gasteiger charge is 2.50. The Kier molecular flexibility index (Phi) is 7.90. The summed E-state index contributed by atoms with van der Waals surface area (Å²) in [5.74, 6) is -4.90. The summed E-state index contributed by atoms with van der Waals surface area (Å²) < 4.78 is 0.109. The molecule has 0 saturated carbocycles. The molecule has 35 heavy (non-hydrogen) atoms. The van der Waals surface area contributed by atoms with E-state index in [0.717, 1.165) is 16.5 Å². The van der Waals surface area contributed by atoms with Gasteiger partial charge in [0.05, 0.1) is 11.9 Å². The molecule has 0 aromatic heterocycles. The van der Waals surface area contributed by atoms with E-state index in [1.165, 1.54) is 4.90 Å². The van der Waals surface area contributed by atoms with Gasteiger partial charge in [-0.3, -0.25) is 19.7 Å². The third-order valence-electron chi connectivity index (χ3n) is 5.86. The van der Waals surface area contributed by atoms with Crippen LogP contribution in [0, 0.1) is 0 Å². The van der Waals surface area contributed by atoms with Crippen LogP contribution < -0.4 is 10.6 Å². The van der Waals surface area contributed by atoms with Gasteiger partial charge in [-0.25, -0.2) is 9.59 Å². The number of carboxylic acids is 2. The number of rotatable bonds is 8. The van der Waals surface area contributed by atoms with Gasteiger partial charge in [-0.15, -0.1) is 11.8 Å². The van der Waals surface area contributed by atoms with Crippen molar-refractivity contribution in [1.82, 2.24) is 15.5 Å². The number of carbonyl (C=O) groups is 5. The number of hydrogen-bond donors (Lipinski definition) is 4. The largest absolute Gasteiger partial charge is 0.501 e. The van der Waals surface area contributed by atoms with Crippen molar-refractivity contribution in [2.75, 3.05) is 19.6 Å². The maximum atomic E-state index is 13.3. The molecule has 2 aliphatic heterocycles. The van der Waals surface area contributed by atoms with Gasteiger partial charge >= 0.3 is 23.8 Å². The molecule has 4 N–H and O–H groups in total. The average molecular weight is 507 g/mol. The number of piperazine rings is 1. The van der Waals surface area contributed by atoms with E-state index in [-0.39, 0.29) is 13.1 Å². The molecule has 0 aliphatic carbocycles. The van der Waals surface area contributed by atoms with Crippen molar-refractivity contribution in [3.05, 3.63) is 35.9 Å². The normalized spacial score (nSPS) is 24.8. The summed E-state index contributed by atoms with van der Waals surface area (Å²) in [4.78, 5) is 63.2. The van der Waals surface area contributed by atoms with Crippen LogP contribution in [0.15, 0.2) is 35.4 Å². The zero-order valence-electron chi connectivity index (χ0n) is 19.5. The lowest BCUT2D eigenvalue weighted by Crippen LogP contribution is -2.54. The number of azo groups is 2. The molecule has 3 rings (SSSR count). The number of likely N-dealkylation sites (N-methyl/N-ethyl adjacent to an activating group) is 1. The van der Waals surface area contributed by atoms with Crippen LogP contribution in [0.2, 0.25) is 0 Å². The van der Waals surface area contributed by atoms with E-state index in [1.807, 2.05) is 0 Å². The number of aliphatic carboxylic acids is 2. The van der Waals surface area contributed by atoms with Crippen LogP contribution in [0.4, 0.5) is 0 Å². The minimum Gasteiger partial charge on any atom is -0.480 e. The molecule has 13 heteroatoms. The molecule has 2 heterocycles. The molecule has 0 radical (unpaired) electrons. The Morgan fingerprint density at radius 2 is 1.91 bits per heavy atom. The lowest BCUT2D eigenvalue weighted by atomic mass is 10.0. The Labute approximate surface area is 205 Å². The monoisotopic (exact) mass is 506 g/mol. The Morgan fingerprint density at radius 3 is 2.46 bits per heavy atom. The van der Waals surface area contributed by atoms with E-state index in [4.69, 9.17) is 0 Å². The van der Waals surface area contributed by atoms with Gasteiger partial charge in [0.25, 0.3) is 5.91 Å². The van der Waals surface area contributed by atoms with Crippen LogP contribution in [0.5, 0.6) is 0 Å². The second-order valence-electron chi connectivity index (χ2n) is 8.65. The van der Waals surface area contributed by atoms with Crippen LogP contribution in [0.1, 0.15) is 32.4 Å². The molecule has 188 valence electrons. The second kappa shape index (κ2) is 10.5. The predicted molar refractivity (Wildman–Crippen MR) is 124 cm³/mol. The summed E-state index contributed by atoms with van der Waals surface area (Å²) in [6, 6.07) is 4.44. The fraction of sp³-hybridized carbons (Fsp3) is 0.500. The van der Waals surface area contributed by atoms with Crippen molar-refractivity contribution in [2.45, 2.75) is 49.0 Å². The highest BCUT2D eigenvalue weighted by atomic mass is 32.2. The lowest BCUT2D eigenvalue weighted by molar-refractivity contribution is -0.518. The maximum absolute atomic E-state index is 13.3. The third kappa shape index (κ3) is 5.68. The van der Waals surface area contributed by atoms with Crippen molar-refractivity contribution in [3.8, 4) is 0 Å². The number of thioether (sulfide) groups is 1. The quantitative estimate of drug-likeness (QED) is 0.281. The fourth-order valence-corrected chi connectivity index (χ4v) is 5.43. The van der Waals surface area contributed by atoms with E-state index < -0.39 is 57.9 Å². The zero-order chi connectivity index (χ0) is 25.9. The smallest absolute Gasteiger partial charge is 0.480 e. The molecule has 2 aliphatic rings. The maximum Gasteiger partial charge on any atom is 0.501 e. The standard InChI is InChI=1S/C22H27N5O7S/c1-4-26-10-11-27(19(30)18(26)29)25-13(12-8-6-5-7-9-12)16(28)23-14(20(31)32)17-24-15(21(33)34)22(2,3)35-17/h5-9,13-15,17,24H,4,10-11H2,1-3H3,(H2-,23,28,31,32,33,34)/p+1/t13-,14+,15+,17-/m1/s1. The number of carboxylic acid groups (broad SMARTS) is 2.